The van der Waals surface area contributed by atoms with Crippen LogP contribution >= 0.6 is 0 Å². The van der Waals surface area contributed by atoms with Gasteiger partial charge in [0.05, 0.1) is 12.0 Å². The van der Waals surface area contributed by atoms with Gasteiger partial charge < -0.3 is 9.53 Å². The summed E-state index contributed by atoms with van der Waals surface area (Å²) in [4.78, 5) is 22.2. The van der Waals surface area contributed by atoms with Crippen LogP contribution in [-0.2, 0) is 14.3 Å². The van der Waals surface area contributed by atoms with Gasteiger partial charge in [0.25, 0.3) is 0 Å². The molecule has 3 nitrogen and oxygen atoms in total. The lowest BCUT2D eigenvalue weighted by atomic mass is 10.1. The van der Waals surface area contributed by atoms with Crippen molar-refractivity contribution in [2.24, 2.45) is 17.3 Å². The topological polar surface area (TPSA) is 43.4 Å². The van der Waals surface area contributed by atoms with Crippen LogP contribution in [0, 0.1) is 17.3 Å². The molecule has 3 heteroatoms. The highest BCUT2D eigenvalue weighted by Gasteiger charge is 2.62. The Morgan fingerprint density at radius 2 is 2.14 bits per heavy atom. The number of esters is 1. The summed E-state index contributed by atoms with van der Waals surface area (Å²) >= 11 is 0. The van der Waals surface area contributed by atoms with Crippen LogP contribution in [0.1, 0.15) is 34.1 Å². The Balaban J connectivity index is 2.52. The molecule has 0 aromatic carbocycles. The fourth-order valence-electron chi connectivity index (χ4n) is 1.74. The second-order valence-electron chi connectivity index (χ2n) is 4.62. The van der Waals surface area contributed by atoms with Gasteiger partial charge in [-0.15, -0.1) is 0 Å². The van der Waals surface area contributed by atoms with E-state index in [2.05, 4.69) is 0 Å². The fraction of sp³-hybridized carbons (Fsp3) is 0.818. The molecule has 0 heterocycles. The highest BCUT2D eigenvalue weighted by atomic mass is 16.5. The number of carbonyl (C=O) groups excluding carboxylic acids is 2. The highest BCUT2D eigenvalue weighted by Crippen LogP contribution is 2.57. The van der Waals surface area contributed by atoms with Crippen LogP contribution in [0.15, 0.2) is 0 Å². The Bertz CT molecular complexity index is 245. The lowest BCUT2D eigenvalue weighted by molar-refractivity contribution is -0.151. The minimum Gasteiger partial charge on any atom is -0.462 e. The summed E-state index contributed by atoms with van der Waals surface area (Å²) in [5.41, 5.74) is -0.202. The van der Waals surface area contributed by atoms with Gasteiger partial charge in [0.1, 0.15) is 6.29 Å². The average Bonchev–Trinajstić information content (AvgIpc) is 2.67. The largest absolute Gasteiger partial charge is 0.462 e. The van der Waals surface area contributed by atoms with Gasteiger partial charge >= 0.3 is 5.97 Å². The molecule has 1 unspecified atom stereocenters. The Kier molecular flexibility index (Phi) is 2.98. The first-order valence-electron chi connectivity index (χ1n) is 5.11. The zero-order chi connectivity index (χ0) is 10.9. The Hall–Kier alpha value is -0.860. The van der Waals surface area contributed by atoms with Crippen LogP contribution in [0.3, 0.4) is 0 Å². The van der Waals surface area contributed by atoms with Gasteiger partial charge in [-0.2, -0.15) is 0 Å². The highest BCUT2D eigenvalue weighted by molar-refractivity contribution is 5.84. The van der Waals surface area contributed by atoms with Crippen LogP contribution < -0.4 is 0 Å². The second kappa shape index (κ2) is 3.71. The number of ether oxygens (including phenoxy) is 1. The van der Waals surface area contributed by atoms with E-state index in [1.807, 2.05) is 27.7 Å². The predicted molar refractivity (Wildman–Crippen MR) is 52.7 cm³/mol. The van der Waals surface area contributed by atoms with Gasteiger partial charge in [-0.05, 0) is 18.8 Å². The summed E-state index contributed by atoms with van der Waals surface area (Å²) < 4.78 is 5.19. The van der Waals surface area contributed by atoms with Crippen LogP contribution in [0.25, 0.3) is 0 Å². The zero-order valence-electron chi connectivity index (χ0n) is 9.24. The number of rotatable bonds is 4. The number of aldehydes is 1. The molecule has 3 atom stereocenters. The maximum absolute atomic E-state index is 11.6. The molecule has 0 amide bonds. The van der Waals surface area contributed by atoms with Gasteiger partial charge in [-0.25, -0.2) is 0 Å². The van der Waals surface area contributed by atoms with Crippen LogP contribution in [-0.4, -0.2) is 18.4 Å². The van der Waals surface area contributed by atoms with Crippen molar-refractivity contribution in [3.8, 4) is 0 Å². The summed E-state index contributed by atoms with van der Waals surface area (Å²) in [6.07, 6.45) is 1.62. The van der Waals surface area contributed by atoms with E-state index in [4.69, 9.17) is 4.74 Å². The smallest absolute Gasteiger partial charge is 0.310 e. The quantitative estimate of drug-likeness (QED) is 0.511. The minimum atomic E-state index is -0.228. The van der Waals surface area contributed by atoms with Crippen LogP contribution in [0.2, 0.25) is 0 Å². The van der Waals surface area contributed by atoms with E-state index < -0.39 is 0 Å². The fourth-order valence-corrected chi connectivity index (χ4v) is 1.74. The maximum atomic E-state index is 11.6. The van der Waals surface area contributed by atoms with E-state index in [9.17, 15) is 9.59 Å². The summed E-state index contributed by atoms with van der Waals surface area (Å²) in [7, 11) is 0. The molecular weight excluding hydrogens is 180 g/mol. The third kappa shape index (κ3) is 1.81. The van der Waals surface area contributed by atoms with Crippen molar-refractivity contribution in [1.29, 1.82) is 0 Å². The summed E-state index contributed by atoms with van der Waals surface area (Å²) in [5.74, 6) is -0.602. The molecule has 80 valence electrons. The first-order valence-corrected chi connectivity index (χ1v) is 5.11. The Labute approximate surface area is 84.8 Å². The molecule has 0 aromatic rings. The third-order valence-electron chi connectivity index (χ3n) is 3.20. The minimum absolute atomic E-state index is 0.0498. The Morgan fingerprint density at radius 1 is 1.57 bits per heavy atom. The Morgan fingerprint density at radius 3 is 2.50 bits per heavy atom. The molecular formula is C11H18O3. The molecule has 14 heavy (non-hydrogen) atoms. The van der Waals surface area contributed by atoms with Crippen molar-refractivity contribution in [1.82, 2.24) is 0 Å². The lowest BCUT2D eigenvalue weighted by Gasteiger charge is -2.11. The van der Waals surface area contributed by atoms with E-state index in [1.54, 1.807) is 0 Å². The molecule has 1 rings (SSSR count). The van der Waals surface area contributed by atoms with E-state index in [0.29, 0.717) is 0 Å². The molecule has 1 saturated carbocycles. The molecule has 1 aliphatic rings. The van der Waals surface area contributed by atoms with Crippen LogP contribution in [0.5, 0.6) is 0 Å². The molecule has 0 saturated heterocycles. The van der Waals surface area contributed by atoms with E-state index in [1.165, 1.54) is 0 Å². The van der Waals surface area contributed by atoms with Crippen molar-refractivity contribution in [3.05, 3.63) is 0 Å². The zero-order valence-corrected chi connectivity index (χ0v) is 9.24. The summed E-state index contributed by atoms with van der Waals surface area (Å²) in [6, 6.07) is 0. The monoisotopic (exact) mass is 198 g/mol. The SMILES string of the molecule is CCC(C)OC(=O)[C@@H]1[C@@H](C=O)C1(C)C. The molecule has 1 fully saturated rings. The van der Waals surface area contributed by atoms with E-state index >= 15 is 0 Å². The van der Waals surface area contributed by atoms with Gasteiger partial charge in [-0.3, -0.25) is 4.79 Å². The first-order chi connectivity index (χ1) is 6.45. The van der Waals surface area contributed by atoms with Crippen molar-refractivity contribution < 1.29 is 14.3 Å². The van der Waals surface area contributed by atoms with Crippen LogP contribution in [0.4, 0.5) is 0 Å². The summed E-state index contributed by atoms with van der Waals surface area (Å²) in [5, 5.41) is 0. The lowest BCUT2D eigenvalue weighted by Crippen LogP contribution is -2.17. The van der Waals surface area contributed by atoms with Crippen molar-refractivity contribution in [2.45, 2.75) is 40.2 Å². The predicted octanol–water partition coefficient (Wildman–Crippen LogP) is 1.80. The molecule has 0 N–H and O–H groups in total. The molecule has 1 aliphatic carbocycles. The van der Waals surface area contributed by atoms with Crippen molar-refractivity contribution in [2.75, 3.05) is 0 Å². The molecule has 0 spiro atoms. The normalized spacial score (nSPS) is 30.6. The molecule has 0 aromatic heterocycles. The maximum Gasteiger partial charge on any atom is 0.310 e. The van der Waals surface area contributed by atoms with E-state index in [-0.39, 0.29) is 29.3 Å². The number of carbonyl (C=O) groups is 2. The number of hydrogen-bond donors (Lipinski definition) is 0. The second-order valence-corrected chi connectivity index (χ2v) is 4.62. The van der Waals surface area contributed by atoms with E-state index in [0.717, 1.165) is 12.7 Å². The van der Waals surface area contributed by atoms with Gasteiger partial charge in [0.2, 0.25) is 0 Å². The standard InChI is InChI=1S/C11H18O3/c1-5-7(2)14-10(13)9-8(6-12)11(9,3)4/h6-9H,5H2,1-4H3/t7?,8-,9+/m1/s1. The first kappa shape index (κ1) is 11.2. The summed E-state index contributed by atoms with van der Waals surface area (Å²) in [6.45, 7) is 7.68. The average molecular weight is 198 g/mol. The van der Waals surface area contributed by atoms with Gasteiger partial charge in [-0.1, -0.05) is 20.8 Å². The number of hydrogen-bond acceptors (Lipinski definition) is 3. The molecule has 0 aliphatic heterocycles. The van der Waals surface area contributed by atoms with Crippen molar-refractivity contribution >= 4 is 12.3 Å². The van der Waals surface area contributed by atoms with Gasteiger partial charge in [0, 0.05) is 5.92 Å². The third-order valence-corrected chi connectivity index (χ3v) is 3.20. The molecule has 0 radical (unpaired) electrons. The van der Waals surface area contributed by atoms with Gasteiger partial charge in [0.15, 0.2) is 0 Å². The van der Waals surface area contributed by atoms with Crippen molar-refractivity contribution in [3.63, 3.8) is 0 Å². The molecule has 0 bridgehead atoms.